The van der Waals surface area contributed by atoms with Crippen LogP contribution in [-0.4, -0.2) is 16.9 Å². The first-order chi connectivity index (χ1) is 13.6. The van der Waals surface area contributed by atoms with Crippen molar-refractivity contribution in [3.05, 3.63) is 59.2 Å². The lowest BCUT2D eigenvalue weighted by Gasteiger charge is -2.46. The summed E-state index contributed by atoms with van der Waals surface area (Å²) in [6.07, 6.45) is 2.55. The van der Waals surface area contributed by atoms with Crippen molar-refractivity contribution in [2.45, 2.75) is 65.0 Å². The molecular weight excluding hydrogens is 360 g/mol. The molecule has 3 rings (SSSR count). The Morgan fingerprint density at radius 3 is 2.31 bits per heavy atom. The van der Waals surface area contributed by atoms with Gasteiger partial charge in [0.05, 0.1) is 5.56 Å². The molecule has 4 heteroatoms. The van der Waals surface area contributed by atoms with E-state index >= 15 is 0 Å². The standard InChI is InChI=1S/C25H30N2O2/c1-17-6-11-23(20(12-17)16-26)29-21-9-7-19(8-10-21)22(28)13-18-14-24(2,3)27-25(4,5)15-18/h6-12,18,27H,13-15H2,1-5H3. The number of ketones is 1. The minimum atomic E-state index is 0.0386. The largest absolute Gasteiger partial charge is 0.456 e. The van der Waals surface area contributed by atoms with Crippen molar-refractivity contribution >= 4 is 5.78 Å². The average Bonchev–Trinajstić information content (AvgIpc) is 2.61. The predicted molar refractivity (Wildman–Crippen MR) is 115 cm³/mol. The minimum Gasteiger partial charge on any atom is -0.456 e. The third kappa shape index (κ3) is 5.46. The van der Waals surface area contributed by atoms with Crippen LogP contribution in [0.1, 0.15) is 68.4 Å². The number of carbonyl (C=O) groups excluding carboxylic acids is 1. The quantitative estimate of drug-likeness (QED) is 0.657. The van der Waals surface area contributed by atoms with E-state index < -0.39 is 0 Å². The summed E-state index contributed by atoms with van der Waals surface area (Å²) in [4.78, 5) is 12.8. The number of nitrogens with one attached hydrogen (secondary N) is 1. The van der Waals surface area contributed by atoms with Crippen molar-refractivity contribution in [2.24, 2.45) is 5.92 Å². The molecule has 1 aliphatic rings. The molecule has 1 N–H and O–H groups in total. The summed E-state index contributed by atoms with van der Waals surface area (Å²) in [7, 11) is 0. The first kappa shape index (κ1) is 21.1. The van der Waals surface area contributed by atoms with Gasteiger partial charge in [-0.25, -0.2) is 0 Å². The summed E-state index contributed by atoms with van der Waals surface area (Å²) in [6, 6.07) is 14.9. The van der Waals surface area contributed by atoms with Gasteiger partial charge in [0.25, 0.3) is 0 Å². The zero-order valence-electron chi connectivity index (χ0n) is 18.0. The lowest BCUT2D eigenvalue weighted by Crippen LogP contribution is -2.57. The predicted octanol–water partition coefficient (Wildman–Crippen LogP) is 5.79. The number of hydrogen-bond donors (Lipinski definition) is 1. The third-order valence-corrected chi connectivity index (χ3v) is 5.41. The monoisotopic (exact) mass is 390 g/mol. The van der Waals surface area contributed by atoms with Crippen LogP contribution in [0.15, 0.2) is 42.5 Å². The Bertz CT molecular complexity index is 920. The molecule has 0 saturated carbocycles. The summed E-state index contributed by atoms with van der Waals surface area (Å²) in [5, 5.41) is 13.0. The van der Waals surface area contributed by atoms with Gasteiger partial charge in [0, 0.05) is 23.1 Å². The van der Waals surface area contributed by atoms with Gasteiger partial charge in [0.1, 0.15) is 17.6 Å². The van der Waals surface area contributed by atoms with E-state index in [4.69, 9.17) is 4.74 Å². The maximum atomic E-state index is 12.8. The van der Waals surface area contributed by atoms with Crippen LogP contribution in [0, 0.1) is 24.2 Å². The number of rotatable bonds is 5. The van der Waals surface area contributed by atoms with Gasteiger partial charge in [-0.1, -0.05) is 6.07 Å². The highest BCUT2D eigenvalue weighted by Crippen LogP contribution is 2.35. The van der Waals surface area contributed by atoms with Crippen molar-refractivity contribution in [2.75, 3.05) is 0 Å². The SMILES string of the molecule is Cc1ccc(Oc2ccc(C(=O)CC3CC(C)(C)NC(C)(C)C3)cc2)c(C#N)c1. The molecule has 0 aromatic heterocycles. The second-order valence-electron chi connectivity index (χ2n) is 9.53. The van der Waals surface area contributed by atoms with Gasteiger partial charge in [-0.2, -0.15) is 5.26 Å². The summed E-state index contributed by atoms with van der Waals surface area (Å²) >= 11 is 0. The van der Waals surface area contributed by atoms with Gasteiger partial charge >= 0.3 is 0 Å². The molecule has 0 spiro atoms. The van der Waals surface area contributed by atoms with Gasteiger partial charge in [-0.05, 0) is 95.3 Å². The van der Waals surface area contributed by atoms with Crippen LogP contribution in [0.5, 0.6) is 11.5 Å². The number of piperidine rings is 1. The van der Waals surface area contributed by atoms with Crippen LogP contribution >= 0.6 is 0 Å². The average molecular weight is 391 g/mol. The van der Waals surface area contributed by atoms with Gasteiger partial charge in [-0.3, -0.25) is 4.79 Å². The van der Waals surface area contributed by atoms with Crippen molar-refractivity contribution in [1.29, 1.82) is 5.26 Å². The number of benzene rings is 2. The van der Waals surface area contributed by atoms with Gasteiger partial charge in [0.2, 0.25) is 0 Å². The molecule has 29 heavy (non-hydrogen) atoms. The fourth-order valence-electron chi connectivity index (χ4n) is 4.71. The molecular formula is C25H30N2O2. The molecule has 152 valence electrons. The maximum absolute atomic E-state index is 12.8. The molecule has 2 aromatic carbocycles. The van der Waals surface area contributed by atoms with E-state index in [0.29, 0.717) is 35.0 Å². The Labute approximate surface area is 173 Å². The van der Waals surface area contributed by atoms with Crippen LogP contribution in [0.2, 0.25) is 0 Å². The summed E-state index contributed by atoms with van der Waals surface area (Å²) in [5.41, 5.74) is 2.30. The van der Waals surface area contributed by atoms with E-state index in [1.165, 1.54) is 0 Å². The molecule has 0 radical (unpaired) electrons. The van der Waals surface area contributed by atoms with Crippen LogP contribution in [0.25, 0.3) is 0 Å². The summed E-state index contributed by atoms with van der Waals surface area (Å²) < 4.78 is 5.85. The van der Waals surface area contributed by atoms with Gasteiger partial charge in [0.15, 0.2) is 5.78 Å². The van der Waals surface area contributed by atoms with Crippen molar-refractivity contribution < 1.29 is 9.53 Å². The number of nitriles is 1. The fourth-order valence-corrected chi connectivity index (χ4v) is 4.71. The number of nitrogens with zero attached hydrogens (tertiary/aromatic N) is 1. The van der Waals surface area contributed by atoms with Gasteiger partial charge in [-0.15, -0.1) is 0 Å². The highest BCUT2D eigenvalue weighted by molar-refractivity contribution is 5.96. The molecule has 1 heterocycles. The fraction of sp³-hybridized carbons (Fsp3) is 0.440. The van der Waals surface area contributed by atoms with Crippen LogP contribution < -0.4 is 10.1 Å². The van der Waals surface area contributed by atoms with E-state index in [-0.39, 0.29) is 16.9 Å². The van der Waals surface area contributed by atoms with E-state index in [1.807, 2.05) is 25.1 Å². The normalized spacial score (nSPS) is 18.1. The highest BCUT2D eigenvalue weighted by atomic mass is 16.5. The van der Waals surface area contributed by atoms with Crippen molar-refractivity contribution in [3.63, 3.8) is 0 Å². The number of aryl methyl sites for hydroxylation is 1. The first-order valence-electron chi connectivity index (χ1n) is 10.2. The molecule has 2 aromatic rings. The summed E-state index contributed by atoms with van der Waals surface area (Å²) in [6.45, 7) is 10.8. The molecule has 1 saturated heterocycles. The zero-order chi connectivity index (χ0) is 21.2. The Balaban J connectivity index is 1.67. The molecule has 1 fully saturated rings. The molecule has 1 aliphatic heterocycles. The van der Waals surface area contributed by atoms with E-state index in [9.17, 15) is 10.1 Å². The van der Waals surface area contributed by atoms with Crippen molar-refractivity contribution in [3.8, 4) is 17.6 Å². The van der Waals surface area contributed by atoms with Crippen LogP contribution in [0.4, 0.5) is 0 Å². The molecule has 0 aliphatic carbocycles. The van der Waals surface area contributed by atoms with Crippen LogP contribution in [-0.2, 0) is 0 Å². The number of ether oxygens (including phenoxy) is 1. The van der Waals surface area contributed by atoms with E-state index in [1.54, 1.807) is 24.3 Å². The lowest BCUT2D eigenvalue weighted by atomic mass is 9.74. The smallest absolute Gasteiger partial charge is 0.163 e. The summed E-state index contributed by atoms with van der Waals surface area (Å²) in [5.74, 6) is 1.68. The molecule has 0 atom stereocenters. The number of Topliss-reactive ketones (excluding diaryl/α,β-unsaturated/α-hetero) is 1. The Morgan fingerprint density at radius 2 is 1.72 bits per heavy atom. The number of carbonyl (C=O) groups is 1. The lowest BCUT2D eigenvalue weighted by molar-refractivity contribution is 0.0864. The van der Waals surface area contributed by atoms with E-state index in [2.05, 4.69) is 39.1 Å². The number of hydrogen-bond acceptors (Lipinski definition) is 4. The first-order valence-corrected chi connectivity index (χ1v) is 10.2. The Morgan fingerprint density at radius 1 is 1.10 bits per heavy atom. The second-order valence-corrected chi connectivity index (χ2v) is 9.53. The molecule has 4 nitrogen and oxygen atoms in total. The molecule has 0 unspecified atom stereocenters. The van der Waals surface area contributed by atoms with Crippen molar-refractivity contribution in [1.82, 2.24) is 5.32 Å². The highest BCUT2D eigenvalue weighted by Gasteiger charge is 2.38. The third-order valence-electron chi connectivity index (χ3n) is 5.41. The van der Waals surface area contributed by atoms with Gasteiger partial charge < -0.3 is 10.1 Å². The maximum Gasteiger partial charge on any atom is 0.163 e. The molecule has 0 amide bonds. The Hall–Kier alpha value is -2.64. The second kappa shape index (κ2) is 8.00. The van der Waals surface area contributed by atoms with Crippen LogP contribution in [0.3, 0.4) is 0 Å². The zero-order valence-corrected chi connectivity index (χ0v) is 18.0. The Kier molecular flexibility index (Phi) is 5.82. The topological polar surface area (TPSA) is 62.1 Å². The molecule has 0 bridgehead atoms. The minimum absolute atomic E-state index is 0.0386. The van der Waals surface area contributed by atoms with E-state index in [0.717, 1.165) is 18.4 Å².